The first-order valence-corrected chi connectivity index (χ1v) is 15.2. The summed E-state index contributed by atoms with van der Waals surface area (Å²) in [5.41, 5.74) is 3.56. The van der Waals surface area contributed by atoms with Crippen molar-refractivity contribution in [3.05, 3.63) is 161 Å². The van der Waals surface area contributed by atoms with Gasteiger partial charge in [0, 0.05) is 18.7 Å². The molecule has 0 saturated carbocycles. The molecule has 8 heteroatoms. The van der Waals surface area contributed by atoms with E-state index in [1.807, 2.05) is 58.3 Å². The van der Waals surface area contributed by atoms with Crippen LogP contribution in [-0.4, -0.2) is 72.7 Å². The molecule has 0 aromatic heterocycles. The van der Waals surface area contributed by atoms with Gasteiger partial charge in [-0.25, -0.2) is 9.59 Å². The summed E-state index contributed by atoms with van der Waals surface area (Å²) in [6.07, 6.45) is 0. The number of Topliss-reactive ketones (excluding diaryl/α,β-unsaturated/α-hetero) is 2. The molecule has 0 radical (unpaired) electrons. The molecule has 1 heterocycles. The normalized spacial score (nSPS) is 14.3. The second kappa shape index (κ2) is 13.9. The maximum Gasteiger partial charge on any atom is 0.338 e. The zero-order valence-corrected chi connectivity index (χ0v) is 25.1. The number of fused-ring (bicyclic) bond motifs is 1. The van der Waals surface area contributed by atoms with Crippen molar-refractivity contribution in [1.29, 1.82) is 0 Å². The first-order valence-electron chi connectivity index (χ1n) is 15.2. The number of benzene rings is 4. The Morgan fingerprint density at radius 3 is 1.43 bits per heavy atom. The lowest BCUT2D eigenvalue weighted by Crippen LogP contribution is -2.45. The summed E-state index contributed by atoms with van der Waals surface area (Å²) >= 11 is 0. The van der Waals surface area contributed by atoms with Crippen LogP contribution < -0.4 is 0 Å². The molecule has 0 amide bonds. The molecule has 1 fully saturated rings. The number of nitrogens with zero attached hydrogens (tertiary/aromatic N) is 2. The molecule has 4 aromatic carbocycles. The summed E-state index contributed by atoms with van der Waals surface area (Å²) in [7, 11) is 0. The monoisotopic (exact) mass is 612 g/mol. The van der Waals surface area contributed by atoms with Gasteiger partial charge in [-0.3, -0.25) is 9.59 Å². The summed E-state index contributed by atoms with van der Waals surface area (Å²) in [5.74, 6) is -1.63. The predicted molar refractivity (Wildman–Crippen MR) is 173 cm³/mol. The lowest BCUT2D eigenvalue weighted by molar-refractivity contribution is -0.110. The van der Waals surface area contributed by atoms with Gasteiger partial charge in [-0.05, 0) is 29.8 Å². The van der Waals surface area contributed by atoms with Crippen molar-refractivity contribution in [2.45, 2.75) is 0 Å². The largest absolute Gasteiger partial charge is 0.460 e. The minimum atomic E-state index is -0.447. The molecule has 230 valence electrons. The van der Waals surface area contributed by atoms with Crippen molar-refractivity contribution in [3.8, 4) is 0 Å². The van der Waals surface area contributed by atoms with Gasteiger partial charge in [-0.2, -0.15) is 0 Å². The van der Waals surface area contributed by atoms with E-state index in [1.54, 1.807) is 72.8 Å². The Morgan fingerprint density at radius 1 is 0.543 bits per heavy atom. The molecule has 4 aromatic rings. The van der Waals surface area contributed by atoms with E-state index in [4.69, 9.17) is 9.47 Å². The van der Waals surface area contributed by atoms with Gasteiger partial charge < -0.3 is 19.3 Å². The molecule has 0 unspecified atom stereocenters. The highest BCUT2D eigenvalue weighted by atomic mass is 16.5. The van der Waals surface area contributed by atoms with E-state index in [0.717, 1.165) is 0 Å². The van der Waals surface area contributed by atoms with E-state index in [-0.39, 0.29) is 36.9 Å². The van der Waals surface area contributed by atoms with Crippen LogP contribution in [0.1, 0.15) is 36.6 Å². The van der Waals surface area contributed by atoms with Crippen LogP contribution in [0, 0.1) is 0 Å². The maximum absolute atomic E-state index is 14.4. The van der Waals surface area contributed by atoms with E-state index >= 15 is 0 Å². The van der Waals surface area contributed by atoms with E-state index in [0.29, 0.717) is 58.9 Å². The Morgan fingerprint density at radius 2 is 0.957 bits per heavy atom. The zero-order chi connectivity index (χ0) is 31.9. The molecule has 0 spiro atoms. The average molecular weight is 613 g/mol. The average Bonchev–Trinajstić information content (AvgIpc) is 3.42. The van der Waals surface area contributed by atoms with Crippen LogP contribution >= 0.6 is 0 Å². The fourth-order valence-electron chi connectivity index (χ4n) is 5.73. The van der Waals surface area contributed by atoms with Crippen molar-refractivity contribution in [2.75, 3.05) is 39.4 Å². The summed E-state index contributed by atoms with van der Waals surface area (Å²) in [6.45, 7) is 1.66. The molecular weight excluding hydrogens is 580 g/mol. The van der Waals surface area contributed by atoms with Gasteiger partial charge in [0.15, 0.2) is 5.78 Å². The number of carbonyl (C=O) groups excluding carboxylic acids is 4. The topological polar surface area (TPSA) is 93.2 Å². The molecule has 0 atom stereocenters. The fourth-order valence-corrected chi connectivity index (χ4v) is 5.73. The van der Waals surface area contributed by atoms with Crippen LogP contribution in [0.15, 0.2) is 138 Å². The highest BCUT2D eigenvalue weighted by Gasteiger charge is 2.43. The number of allylic oxidation sites excluding steroid dienone is 2. The number of esters is 2. The summed E-state index contributed by atoms with van der Waals surface area (Å²) < 4.78 is 11.2. The van der Waals surface area contributed by atoms with Crippen LogP contribution in [0.25, 0.3) is 5.57 Å². The maximum atomic E-state index is 14.4. The minimum absolute atomic E-state index is 0.0564. The molecular formula is C38H32N2O6. The van der Waals surface area contributed by atoms with Crippen LogP contribution in [-0.2, 0) is 14.3 Å². The van der Waals surface area contributed by atoms with Gasteiger partial charge in [-0.15, -0.1) is 0 Å². The fraction of sp³-hybridized carbons (Fsp3) is 0.158. The molecule has 1 saturated heterocycles. The van der Waals surface area contributed by atoms with Crippen LogP contribution in [0.2, 0.25) is 0 Å². The molecule has 1 aliphatic carbocycles. The first-order chi connectivity index (χ1) is 22.5. The third kappa shape index (κ3) is 6.37. The molecule has 46 heavy (non-hydrogen) atoms. The highest BCUT2D eigenvalue weighted by molar-refractivity contribution is 6.44. The molecule has 0 bridgehead atoms. The first kappa shape index (κ1) is 30.3. The molecule has 6 rings (SSSR count). The Hall–Kier alpha value is -5.76. The van der Waals surface area contributed by atoms with Crippen molar-refractivity contribution in [2.24, 2.45) is 0 Å². The Labute approximate surface area is 267 Å². The number of hydrogen-bond acceptors (Lipinski definition) is 8. The number of carbonyl (C=O) groups is 4. The molecule has 1 aliphatic heterocycles. The SMILES string of the molecule is O=C1C(C(=O)c2ccccc2)=C2C(=C1c1ccccc1)N(CCOC(=O)c1ccccc1)CCN2CCOC(=O)c1ccccc1. The summed E-state index contributed by atoms with van der Waals surface area (Å²) in [6, 6.07) is 35.5. The third-order valence-corrected chi connectivity index (χ3v) is 7.96. The predicted octanol–water partition coefficient (Wildman–Crippen LogP) is 5.45. The van der Waals surface area contributed by atoms with Crippen LogP contribution in [0.4, 0.5) is 0 Å². The lowest BCUT2D eigenvalue weighted by Gasteiger charge is -2.40. The van der Waals surface area contributed by atoms with Crippen LogP contribution in [0.3, 0.4) is 0 Å². The quantitative estimate of drug-likeness (QED) is 0.126. The van der Waals surface area contributed by atoms with E-state index in [1.165, 1.54) is 0 Å². The van der Waals surface area contributed by atoms with Gasteiger partial charge in [0.2, 0.25) is 5.78 Å². The Kier molecular flexibility index (Phi) is 9.15. The second-order valence-corrected chi connectivity index (χ2v) is 10.8. The van der Waals surface area contributed by atoms with E-state index < -0.39 is 11.9 Å². The minimum Gasteiger partial charge on any atom is -0.460 e. The number of hydrogen-bond donors (Lipinski definition) is 0. The molecule has 8 nitrogen and oxygen atoms in total. The number of piperazine rings is 1. The van der Waals surface area contributed by atoms with Gasteiger partial charge in [0.05, 0.1) is 46.8 Å². The van der Waals surface area contributed by atoms with Gasteiger partial charge in [0.1, 0.15) is 13.2 Å². The number of ether oxygens (including phenoxy) is 2. The smallest absolute Gasteiger partial charge is 0.338 e. The van der Waals surface area contributed by atoms with E-state index in [9.17, 15) is 19.2 Å². The van der Waals surface area contributed by atoms with E-state index in [2.05, 4.69) is 0 Å². The summed E-state index contributed by atoms with van der Waals surface area (Å²) in [5, 5.41) is 0. The summed E-state index contributed by atoms with van der Waals surface area (Å²) in [4.78, 5) is 57.7. The zero-order valence-electron chi connectivity index (χ0n) is 25.1. The highest BCUT2D eigenvalue weighted by Crippen LogP contribution is 2.42. The van der Waals surface area contributed by atoms with Crippen molar-refractivity contribution < 1.29 is 28.7 Å². The molecule has 0 N–H and O–H groups in total. The second-order valence-electron chi connectivity index (χ2n) is 10.8. The Balaban J connectivity index is 1.33. The molecule has 2 aliphatic rings. The number of ketones is 2. The Bertz CT molecular complexity index is 1800. The van der Waals surface area contributed by atoms with Crippen molar-refractivity contribution >= 4 is 29.1 Å². The van der Waals surface area contributed by atoms with Gasteiger partial charge in [-0.1, -0.05) is 97.1 Å². The van der Waals surface area contributed by atoms with Crippen LogP contribution in [0.5, 0.6) is 0 Å². The van der Waals surface area contributed by atoms with Gasteiger partial charge in [0.25, 0.3) is 0 Å². The lowest BCUT2D eigenvalue weighted by atomic mass is 9.96. The van der Waals surface area contributed by atoms with Crippen molar-refractivity contribution in [3.63, 3.8) is 0 Å². The van der Waals surface area contributed by atoms with Gasteiger partial charge >= 0.3 is 11.9 Å². The standard InChI is InChI=1S/C38H32N2O6/c41-35(28-15-7-2-8-16-28)32-34-33(31(36(32)42)27-13-5-1-6-14-27)39(23-25-45-37(43)29-17-9-3-10-18-29)21-22-40(34)24-26-46-38(44)30-19-11-4-12-20-30/h1-20H,21-26H2. The number of rotatable bonds is 11. The van der Waals surface area contributed by atoms with Crippen molar-refractivity contribution in [1.82, 2.24) is 9.80 Å². The third-order valence-electron chi connectivity index (χ3n) is 7.96.